The molecule has 0 radical (unpaired) electrons. The molecule has 4 aromatic rings. The van der Waals surface area contributed by atoms with Crippen LogP contribution in [0.25, 0.3) is 10.8 Å². The molecule has 40 heavy (non-hydrogen) atoms. The Morgan fingerprint density at radius 3 is 2.45 bits per heavy atom. The highest BCUT2D eigenvalue weighted by molar-refractivity contribution is 7.92. The van der Waals surface area contributed by atoms with Crippen LogP contribution >= 0.6 is 0 Å². The molecule has 9 nitrogen and oxygen atoms in total. The Kier molecular flexibility index (Phi) is 7.90. The van der Waals surface area contributed by atoms with E-state index in [1.54, 1.807) is 54.6 Å². The Balaban J connectivity index is 1.48. The predicted octanol–water partition coefficient (Wildman–Crippen LogP) is 3.67. The molecule has 4 aromatic carbocycles. The number of nitrogens with two attached hydrogens (primary N) is 1. The fraction of sp³-hybridized carbons (Fsp3) is 0.207. The monoisotopic (exact) mass is 577 g/mol. The zero-order chi connectivity index (χ0) is 28.4. The van der Waals surface area contributed by atoms with Crippen LogP contribution in [0, 0.1) is 0 Å². The van der Waals surface area contributed by atoms with Crippen LogP contribution in [0.15, 0.2) is 91.0 Å². The van der Waals surface area contributed by atoms with Gasteiger partial charge >= 0.3 is 0 Å². The van der Waals surface area contributed by atoms with Crippen LogP contribution in [-0.4, -0.2) is 35.9 Å². The molecule has 1 amide bonds. The Morgan fingerprint density at radius 1 is 1.05 bits per heavy atom. The van der Waals surface area contributed by atoms with Crippen LogP contribution < -0.4 is 19.7 Å². The number of carbonyl (C=O) groups is 1. The van der Waals surface area contributed by atoms with E-state index in [0.717, 1.165) is 16.3 Å². The number of hydrogen-bond acceptors (Lipinski definition) is 6. The summed E-state index contributed by atoms with van der Waals surface area (Å²) < 4.78 is 53.6. The van der Waals surface area contributed by atoms with Crippen LogP contribution in [0.3, 0.4) is 0 Å². The van der Waals surface area contributed by atoms with E-state index in [0.29, 0.717) is 22.5 Å². The van der Waals surface area contributed by atoms with Gasteiger partial charge in [0.15, 0.2) is 0 Å². The van der Waals surface area contributed by atoms with Crippen molar-refractivity contribution in [2.45, 2.75) is 25.0 Å². The largest absolute Gasteiger partial charge is 0.755 e. The zero-order valence-electron chi connectivity index (χ0n) is 21.8. The minimum Gasteiger partial charge on any atom is -0.755 e. The molecule has 1 heterocycles. The molecule has 0 fully saturated rings. The van der Waals surface area contributed by atoms with E-state index >= 15 is 0 Å². The number of nitrogens with zero attached hydrogens (tertiary/aromatic N) is 2. The van der Waals surface area contributed by atoms with Crippen LogP contribution in [-0.2, 0) is 32.6 Å². The SMILES string of the molecule is CN1c2cc(CN)ccc2C(NC(=O)CC(c2ccccc2)N(c2ccc3ccccc3c2)S(=O)[O-])CS1(=O)=O. The van der Waals surface area contributed by atoms with Gasteiger partial charge < -0.3 is 15.6 Å². The molecule has 0 saturated heterocycles. The molecule has 0 aliphatic carbocycles. The summed E-state index contributed by atoms with van der Waals surface area (Å²) in [5.41, 5.74) is 8.67. The summed E-state index contributed by atoms with van der Waals surface area (Å²) >= 11 is -2.72. The van der Waals surface area contributed by atoms with E-state index in [9.17, 15) is 22.0 Å². The summed E-state index contributed by atoms with van der Waals surface area (Å²) in [6.45, 7) is 0.244. The lowest BCUT2D eigenvalue weighted by molar-refractivity contribution is -0.122. The number of sulfonamides is 1. The summed E-state index contributed by atoms with van der Waals surface area (Å²) in [5.74, 6) is -0.800. The lowest BCUT2D eigenvalue weighted by Gasteiger charge is -2.36. The molecule has 208 valence electrons. The molecule has 3 N–H and O–H groups in total. The quantitative estimate of drug-likeness (QED) is 0.307. The van der Waals surface area contributed by atoms with Gasteiger partial charge in [-0.2, -0.15) is 0 Å². The van der Waals surface area contributed by atoms with Crippen molar-refractivity contribution in [1.29, 1.82) is 0 Å². The van der Waals surface area contributed by atoms with Gasteiger partial charge in [-0.1, -0.05) is 72.8 Å². The molecular weight excluding hydrogens is 548 g/mol. The molecular formula is C29H29N4O5S2-. The minimum atomic E-state index is -3.70. The number of benzene rings is 4. The number of carbonyl (C=O) groups excluding carboxylic acids is 1. The van der Waals surface area contributed by atoms with Crippen molar-refractivity contribution in [3.8, 4) is 0 Å². The third kappa shape index (κ3) is 5.59. The van der Waals surface area contributed by atoms with Crippen molar-refractivity contribution in [3.05, 3.63) is 108 Å². The fourth-order valence-corrected chi connectivity index (χ4v) is 7.14. The zero-order valence-corrected chi connectivity index (χ0v) is 23.4. The highest BCUT2D eigenvalue weighted by atomic mass is 32.2. The highest BCUT2D eigenvalue weighted by Crippen LogP contribution is 2.36. The number of nitrogens with one attached hydrogen (secondary N) is 1. The first kappa shape index (κ1) is 27.8. The van der Waals surface area contributed by atoms with Crippen LogP contribution in [0.2, 0.25) is 0 Å². The van der Waals surface area contributed by atoms with Crippen molar-refractivity contribution >= 4 is 49.3 Å². The second-order valence-corrected chi connectivity index (χ2v) is 12.5. The van der Waals surface area contributed by atoms with Gasteiger partial charge in [0.2, 0.25) is 15.9 Å². The van der Waals surface area contributed by atoms with Gasteiger partial charge in [-0.25, -0.2) is 8.42 Å². The molecule has 11 heteroatoms. The molecule has 0 spiro atoms. The van der Waals surface area contributed by atoms with Gasteiger partial charge in [0, 0.05) is 30.5 Å². The average Bonchev–Trinajstić information content (AvgIpc) is 2.95. The normalized spacial score (nSPS) is 17.6. The van der Waals surface area contributed by atoms with E-state index in [-0.39, 0.29) is 18.7 Å². The van der Waals surface area contributed by atoms with Gasteiger partial charge in [0.25, 0.3) is 0 Å². The first-order valence-electron chi connectivity index (χ1n) is 12.7. The second kappa shape index (κ2) is 11.4. The number of fused-ring (bicyclic) bond motifs is 2. The van der Waals surface area contributed by atoms with Gasteiger partial charge in [-0.15, -0.1) is 0 Å². The van der Waals surface area contributed by atoms with Gasteiger partial charge in [0.1, 0.15) is 0 Å². The lowest BCUT2D eigenvalue weighted by Crippen LogP contribution is -2.44. The lowest BCUT2D eigenvalue weighted by atomic mass is 10.00. The molecule has 0 saturated carbocycles. The average molecular weight is 578 g/mol. The molecule has 0 aromatic heterocycles. The Hall–Kier alpha value is -3.77. The number of rotatable bonds is 8. The maximum Gasteiger partial charge on any atom is 0.237 e. The number of anilines is 2. The van der Waals surface area contributed by atoms with Crippen molar-refractivity contribution in [1.82, 2.24) is 5.32 Å². The van der Waals surface area contributed by atoms with Crippen molar-refractivity contribution in [2.24, 2.45) is 5.73 Å². The summed E-state index contributed by atoms with van der Waals surface area (Å²) in [5, 5.41) is 4.67. The number of amides is 1. The Morgan fingerprint density at radius 2 is 1.75 bits per heavy atom. The maximum atomic E-state index is 13.5. The highest BCUT2D eigenvalue weighted by Gasteiger charge is 2.35. The third-order valence-corrected chi connectivity index (χ3v) is 9.74. The Labute approximate surface area is 236 Å². The minimum absolute atomic E-state index is 0.229. The molecule has 3 atom stereocenters. The second-order valence-electron chi connectivity index (χ2n) is 9.67. The van der Waals surface area contributed by atoms with E-state index in [1.807, 2.05) is 36.4 Å². The van der Waals surface area contributed by atoms with Crippen molar-refractivity contribution < 1.29 is 22.0 Å². The third-order valence-electron chi connectivity index (χ3n) is 7.17. The van der Waals surface area contributed by atoms with E-state index in [4.69, 9.17) is 5.73 Å². The van der Waals surface area contributed by atoms with Crippen molar-refractivity contribution in [2.75, 3.05) is 21.4 Å². The molecule has 0 bridgehead atoms. The van der Waals surface area contributed by atoms with E-state index < -0.39 is 39.3 Å². The van der Waals surface area contributed by atoms with Gasteiger partial charge in [0.05, 0.1) is 29.9 Å². The van der Waals surface area contributed by atoms with Crippen LogP contribution in [0.1, 0.15) is 35.2 Å². The molecule has 1 aliphatic rings. The summed E-state index contributed by atoms with van der Waals surface area (Å²) in [4.78, 5) is 13.5. The standard InChI is InChI=1S/C29H30N4O5S2/c1-32-28-15-20(18-30)11-14-25(28)26(19-40(32,37)38)31-29(34)17-27(22-8-3-2-4-9-22)33(39(35)36)24-13-12-21-7-5-6-10-23(21)16-24/h2-16,26-27H,17-19,30H2,1H3,(H,31,34)(H,35,36)/p-1. The summed E-state index contributed by atoms with van der Waals surface area (Å²) in [6.07, 6.45) is -0.229. The smallest absolute Gasteiger partial charge is 0.237 e. The first-order chi connectivity index (χ1) is 19.2. The Bertz CT molecular complexity index is 1680. The molecule has 5 rings (SSSR count). The van der Waals surface area contributed by atoms with E-state index in [1.165, 1.54) is 15.7 Å². The maximum absolute atomic E-state index is 13.5. The number of hydrogen-bond donors (Lipinski definition) is 2. The summed E-state index contributed by atoms with van der Waals surface area (Å²) in [6, 6.07) is 25.4. The topological polar surface area (TPSA) is 136 Å². The fourth-order valence-electron chi connectivity index (χ4n) is 5.09. The predicted molar refractivity (Wildman–Crippen MR) is 157 cm³/mol. The van der Waals surface area contributed by atoms with Crippen molar-refractivity contribution in [3.63, 3.8) is 0 Å². The molecule has 1 aliphatic heterocycles. The van der Waals surface area contributed by atoms with Gasteiger partial charge in [-0.05, 0) is 45.7 Å². The van der Waals surface area contributed by atoms with Crippen LogP contribution in [0.5, 0.6) is 0 Å². The van der Waals surface area contributed by atoms with E-state index in [2.05, 4.69) is 5.32 Å². The van der Waals surface area contributed by atoms with Gasteiger partial charge in [-0.3, -0.25) is 17.6 Å². The van der Waals surface area contributed by atoms with Crippen LogP contribution in [0.4, 0.5) is 11.4 Å². The molecule has 3 unspecified atom stereocenters. The first-order valence-corrected chi connectivity index (χ1v) is 15.3. The summed E-state index contributed by atoms with van der Waals surface area (Å²) in [7, 11) is -2.22.